The maximum absolute atomic E-state index is 12.3. The van der Waals surface area contributed by atoms with E-state index < -0.39 is 36.0 Å². The SMILES string of the molecule is C=C(C)C(=O)OCC(COC(=O)c1ccc(Oc2ccc(C(=O)OCC(COC(=O)C(=C)C)N=O)cc2)cc1)N=O. The second kappa shape index (κ2) is 16.0. The van der Waals surface area contributed by atoms with Crippen LogP contribution in [0.5, 0.6) is 11.5 Å². The van der Waals surface area contributed by atoms with Crippen molar-refractivity contribution in [2.45, 2.75) is 25.9 Å². The molecule has 0 bridgehead atoms. The fraction of sp³-hybridized carbons (Fsp3) is 0.286. The van der Waals surface area contributed by atoms with Crippen LogP contribution in [0.25, 0.3) is 0 Å². The summed E-state index contributed by atoms with van der Waals surface area (Å²) in [5.41, 5.74) is 0.672. The van der Waals surface area contributed by atoms with Crippen molar-refractivity contribution in [2.24, 2.45) is 10.4 Å². The Bertz CT molecular complexity index is 1190. The first-order valence-electron chi connectivity index (χ1n) is 12.1. The van der Waals surface area contributed by atoms with Crippen molar-refractivity contribution < 1.29 is 42.9 Å². The number of carbonyl (C=O) groups is 4. The van der Waals surface area contributed by atoms with Gasteiger partial charge in [-0.3, -0.25) is 0 Å². The van der Waals surface area contributed by atoms with Gasteiger partial charge in [0.2, 0.25) is 0 Å². The van der Waals surface area contributed by atoms with Crippen molar-refractivity contribution in [1.82, 2.24) is 0 Å². The lowest BCUT2D eigenvalue weighted by Gasteiger charge is -2.12. The molecule has 0 aliphatic heterocycles. The summed E-state index contributed by atoms with van der Waals surface area (Å²) >= 11 is 0. The van der Waals surface area contributed by atoms with Crippen molar-refractivity contribution >= 4 is 23.9 Å². The Balaban J connectivity index is 1.84. The zero-order valence-corrected chi connectivity index (χ0v) is 22.4. The van der Waals surface area contributed by atoms with Crippen LogP contribution < -0.4 is 4.74 Å². The Morgan fingerprint density at radius 2 is 0.927 bits per heavy atom. The Morgan fingerprint density at radius 3 is 1.22 bits per heavy atom. The fourth-order valence-corrected chi connectivity index (χ4v) is 2.77. The van der Waals surface area contributed by atoms with Gasteiger partial charge < -0.3 is 23.7 Å². The molecule has 13 nitrogen and oxygen atoms in total. The monoisotopic (exact) mass is 568 g/mol. The van der Waals surface area contributed by atoms with E-state index in [4.69, 9.17) is 23.7 Å². The van der Waals surface area contributed by atoms with Gasteiger partial charge >= 0.3 is 23.9 Å². The highest BCUT2D eigenvalue weighted by Crippen LogP contribution is 2.23. The van der Waals surface area contributed by atoms with E-state index in [-0.39, 0.29) is 48.7 Å². The van der Waals surface area contributed by atoms with Gasteiger partial charge in [0, 0.05) is 11.1 Å². The lowest BCUT2D eigenvalue weighted by atomic mass is 10.2. The molecule has 0 aliphatic rings. The molecule has 216 valence electrons. The predicted octanol–water partition coefficient (Wildman–Crippen LogP) is 4.30. The normalized spacial score (nSPS) is 11.7. The van der Waals surface area contributed by atoms with E-state index in [9.17, 15) is 29.0 Å². The number of carbonyl (C=O) groups excluding carboxylic acids is 4. The molecule has 0 N–H and O–H groups in total. The maximum atomic E-state index is 12.3. The van der Waals surface area contributed by atoms with Crippen molar-refractivity contribution in [1.29, 1.82) is 0 Å². The highest BCUT2D eigenvalue weighted by molar-refractivity contribution is 5.90. The molecule has 0 saturated carbocycles. The summed E-state index contributed by atoms with van der Waals surface area (Å²) in [6, 6.07) is 9.67. The van der Waals surface area contributed by atoms with Gasteiger partial charge in [0.05, 0.1) is 11.1 Å². The van der Waals surface area contributed by atoms with Crippen LogP contribution in [0.1, 0.15) is 34.6 Å². The lowest BCUT2D eigenvalue weighted by Crippen LogP contribution is -2.24. The van der Waals surface area contributed by atoms with Crippen LogP contribution in [0, 0.1) is 9.81 Å². The number of nitrogens with zero attached hydrogens (tertiary/aromatic N) is 2. The molecule has 0 fully saturated rings. The van der Waals surface area contributed by atoms with Crippen LogP contribution in [0.2, 0.25) is 0 Å². The summed E-state index contributed by atoms with van der Waals surface area (Å²) in [7, 11) is 0. The fourth-order valence-electron chi connectivity index (χ4n) is 2.77. The largest absolute Gasteiger partial charge is 0.460 e. The number of nitroso groups, excluding NO2 is 2. The van der Waals surface area contributed by atoms with E-state index in [1.54, 1.807) is 0 Å². The van der Waals surface area contributed by atoms with Crippen molar-refractivity contribution in [3.05, 3.63) is 93.8 Å². The van der Waals surface area contributed by atoms with Crippen LogP contribution in [0.15, 0.2) is 83.2 Å². The highest BCUT2D eigenvalue weighted by Gasteiger charge is 2.18. The third-order valence-corrected chi connectivity index (χ3v) is 5.04. The van der Waals surface area contributed by atoms with Gasteiger partial charge in [-0.1, -0.05) is 23.5 Å². The minimum absolute atomic E-state index is 0.159. The van der Waals surface area contributed by atoms with E-state index in [1.807, 2.05) is 0 Å². The predicted molar refractivity (Wildman–Crippen MR) is 144 cm³/mol. The molecular formula is C28H28N2O11. The smallest absolute Gasteiger partial charge is 0.338 e. The van der Waals surface area contributed by atoms with Crippen LogP contribution in [0.4, 0.5) is 0 Å². The van der Waals surface area contributed by atoms with Crippen molar-refractivity contribution in [2.75, 3.05) is 26.4 Å². The van der Waals surface area contributed by atoms with Crippen molar-refractivity contribution in [3.8, 4) is 11.5 Å². The van der Waals surface area contributed by atoms with Gasteiger partial charge in [0.15, 0.2) is 12.1 Å². The van der Waals surface area contributed by atoms with E-state index in [0.717, 1.165) is 0 Å². The Hall–Kier alpha value is -5.20. The van der Waals surface area contributed by atoms with Gasteiger partial charge in [-0.2, -0.15) is 9.81 Å². The minimum Gasteiger partial charge on any atom is -0.460 e. The van der Waals surface area contributed by atoms with E-state index in [1.165, 1.54) is 62.4 Å². The lowest BCUT2D eigenvalue weighted by molar-refractivity contribution is -0.140. The topological polar surface area (TPSA) is 173 Å². The molecule has 2 unspecified atom stereocenters. The van der Waals surface area contributed by atoms with Gasteiger partial charge in [0.25, 0.3) is 0 Å². The van der Waals surface area contributed by atoms with Crippen molar-refractivity contribution in [3.63, 3.8) is 0 Å². The number of hydrogen-bond donors (Lipinski definition) is 0. The average Bonchev–Trinajstić information content (AvgIpc) is 2.97. The standard InChI is InChI=1S/C28H28N2O11/c1-17(2)25(31)37-13-21(29-35)15-39-27(33)19-5-9-23(10-6-19)41-24-11-7-20(8-12-24)28(34)40-16-22(30-36)14-38-26(32)18(3)4/h5-12,21-22H,1,3,13-16H2,2,4H3. The van der Waals surface area contributed by atoms with Crippen LogP contribution in [-0.4, -0.2) is 62.4 Å². The molecule has 2 aromatic carbocycles. The zero-order valence-electron chi connectivity index (χ0n) is 22.4. The molecular weight excluding hydrogens is 540 g/mol. The first-order valence-corrected chi connectivity index (χ1v) is 12.1. The molecule has 0 aromatic heterocycles. The van der Waals surface area contributed by atoms with E-state index in [2.05, 4.69) is 23.5 Å². The Morgan fingerprint density at radius 1 is 0.610 bits per heavy atom. The zero-order chi connectivity index (χ0) is 30.4. The number of hydrogen-bond acceptors (Lipinski definition) is 13. The Labute approximate surface area is 235 Å². The summed E-state index contributed by atoms with van der Waals surface area (Å²) < 4.78 is 25.5. The summed E-state index contributed by atoms with van der Waals surface area (Å²) in [6.07, 6.45) is 0. The maximum Gasteiger partial charge on any atom is 0.338 e. The summed E-state index contributed by atoms with van der Waals surface area (Å²) in [5, 5.41) is 5.57. The molecule has 2 aromatic rings. The molecule has 2 atom stereocenters. The summed E-state index contributed by atoms with van der Waals surface area (Å²) in [5.74, 6) is -2.06. The molecule has 0 radical (unpaired) electrons. The molecule has 41 heavy (non-hydrogen) atoms. The summed E-state index contributed by atoms with van der Waals surface area (Å²) in [6.45, 7) is 8.28. The van der Waals surface area contributed by atoms with Crippen LogP contribution >= 0.6 is 0 Å². The minimum atomic E-state index is -1.07. The molecule has 0 amide bonds. The third kappa shape index (κ3) is 10.8. The van der Waals surface area contributed by atoms with E-state index in [0.29, 0.717) is 11.5 Å². The molecule has 0 heterocycles. The quantitative estimate of drug-likeness (QED) is 0.122. The second-order valence-electron chi connectivity index (χ2n) is 8.62. The average molecular weight is 569 g/mol. The number of benzene rings is 2. The first kappa shape index (κ1) is 32.0. The Kier molecular flexibility index (Phi) is 12.5. The third-order valence-electron chi connectivity index (χ3n) is 5.04. The molecule has 2 rings (SSSR count). The van der Waals surface area contributed by atoms with E-state index >= 15 is 0 Å². The number of rotatable bonds is 16. The van der Waals surface area contributed by atoms with Gasteiger partial charge in [-0.25, -0.2) is 19.2 Å². The van der Waals surface area contributed by atoms with Crippen LogP contribution in [-0.2, 0) is 28.5 Å². The van der Waals surface area contributed by atoms with Gasteiger partial charge in [0.1, 0.15) is 37.9 Å². The van der Waals surface area contributed by atoms with Crippen LogP contribution in [0.3, 0.4) is 0 Å². The second-order valence-corrected chi connectivity index (χ2v) is 8.62. The molecule has 0 aliphatic carbocycles. The summed E-state index contributed by atoms with van der Waals surface area (Å²) in [4.78, 5) is 69.2. The molecule has 13 heteroatoms. The molecule has 0 spiro atoms. The highest BCUT2D eigenvalue weighted by atomic mass is 16.6. The van der Waals surface area contributed by atoms with Gasteiger partial charge in [-0.15, -0.1) is 0 Å². The number of esters is 4. The first-order chi connectivity index (χ1) is 19.5. The molecule has 0 saturated heterocycles. The van der Waals surface area contributed by atoms with Gasteiger partial charge in [-0.05, 0) is 62.4 Å². The number of ether oxygens (including phenoxy) is 5.